The number of hydrogen-bond acceptors (Lipinski definition) is 1. The van der Waals surface area contributed by atoms with Crippen LogP contribution in [0.5, 0.6) is 0 Å². The third-order valence-corrected chi connectivity index (χ3v) is 2.25. The first-order chi connectivity index (χ1) is 5.20. The van der Waals surface area contributed by atoms with E-state index in [-0.39, 0.29) is 5.60 Å². The molecule has 0 fully saturated rings. The maximum absolute atomic E-state index is 5.61. The van der Waals surface area contributed by atoms with Gasteiger partial charge in [0.15, 0.2) is 0 Å². The lowest BCUT2D eigenvalue weighted by Gasteiger charge is -2.17. The largest absolute Gasteiger partial charge is 0.366 e. The molecule has 1 aliphatic rings. The molecule has 0 saturated carbocycles. The van der Waals surface area contributed by atoms with Crippen LogP contribution in [0.25, 0.3) is 0 Å². The van der Waals surface area contributed by atoms with Crippen molar-refractivity contribution in [3.8, 4) is 0 Å². The highest BCUT2D eigenvalue weighted by Gasteiger charge is 2.29. The molecule has 2 rings (SSSR count). The van der Waals surface area contributed by atoms with E-state index in [0.717, 1.165) is 6.61 Å². The molecule has 1 heteroatoms. The monoisotopic (exact) mass is 148 g/mol. The molecule has 0 bridgehead atoms. The summed E-state index contributed by atoms with van der Waals surface area (Å²) in [7, 11) is 0. The minimum atomic E-state index is -0.0728. The Balaban J connectivity index is 2.56. The molecular formula is C10H12O. The Morgan fingerprint density at radius 2 is 2.00 bits per heavy atom. The molecule has 0 saturated heterocycles. The summed E-state index contributed by atoms with van der Waals surface area (Å²) in [6.07, 6.45) is 0. The smallest absolute Gasteiger partial charge is 0.0883 e. The molecule has 0 N–H and O–H groups in total. The van der Waals surface area contributed by atoms with Gasteiger partial charge in [-0.1, -0.05) is 24.3 Å². The van der Waals surface area contributed by atoms with Crippen LogP contribution in [-0.2, 0) is 16.9 Å². The van der Waals surface area contributed by atoms with Gasteiger partial charge >= 0.3 is 0 Å². The number of hydrogen-bond donors (Lipinski definition) is 0. The van der Waals surface area contributed by atoms with Gasteiger partial charge in [0, 0.05) is 0 Å². The highest BCUT2D eigenvalue weighted by Crippen LogP contribution is 2.34. The van der Waals surface area contributed by atoms with Crippen molar-refractivity contribution in [3.63, 3.8) is 0 Å². The molecular weight excluding hydrogens is 136 g/mol. The Kier molecular flexibility index (Phi) is 1.30. The maximum Gasteiger partial charge on any atom is 0.0883 e. The second-order valence-electron chi connectivity index (χ2n) is 3.46. The van der Waals surface area contributed by atoms with Crippen LogP contribution in [-0.4, -0.2) is 0 Å². The number of fused-ring (bicyclic) bond motifs is 1. The van der Waals surface area contributed by atoms with Crippen LogP contribution in [0, 0.1) is 0 Å². The molecule has 0 unspecified atom stereocenters. The lowest BCUT2D eigenvalue weighted by Crippen LogP contribution is -2.14. The molecule has 0 aliphatic carbocycles. The predicted molar refractivity (Wildman–Crippen MR) is 44.3 cm³/mol. The van der Waals surface area contributed by atoms with Gasteiger partial charge in [0.1, 0.15) is 0 Å². The Bertz CT molecular complexity index is 276. The quantitative estimate of drug-likeness (QED) is 0.549. The standard InChI is InChI=1S/C10H12O/c1-10(2)9-6-4-3-5-8(9)7-11-10/h3-6H,7H2,1-2H3. The highest BCUT2D eigenvalue weighted by molar-refractivity contribution is 5.33. The van der Waals surface area contributed by atoms with Crippen molar-refractivity contribution >= 4 is 0 Å². The fourth-order valence-electron chi connectivity index (χ4n) is 1.57. The summed E-state index contributed by atoms with van der Waals surface area (Å²) in [5.41, 5.74) is 2.59. The van der Waals surface area contributed by atoms with Gasteiger partial charge in [0.25, 0.3) is 0 Å². The topological polar surface area (TPSA) is 9.23 Å². The van der Waals surface area contributed by atoms with Crippen molar-refractivity contribution < 1.29 is 4.74 Å². The Labute approximate surface area is 67.0 Å². The first-order valence-corrected chi connectivity index (χ1v) is 3.92. The van der Waals surface area contributed by atoms with Crippen LogP contribution in [0.15, 0.2) is 24.3 Å². The van der Waals surface area contributed by atoms with Gasteiger partial charge in [0.05, 0.1) is 12.2 Å². The minimum absolute atomic E-state index is 0.0728. The summed E-state index contributed by atoms with van der Waals surface area (Å²) in [4.78, 5) is 0. The van der Waals surface area contributed by atoms with E-state index >= 15 is 0 Å². The van der Waals surface area contributed by atoms with E-state index in [1.54, 1.807) is 0 Å². The second kappa shape index (κ2) is 2.08. The Morgan fingerprint density at radius 1 is 1.27 bits per heavy atom. The van der Waals surface area contributed by atoms with E-state index in [4.69, 9.17) is 4.74 Å². The third kappa shape index (κ3) is 0.962. The van der Waals surface area contributed by atoms with Crippen LogP contribution in [0.2, 0.25) is 0 Å². The average Bonchev–Trinajstić information content (AvgIpc) is 2.29. The van der Waals surface area contributed by atoms with Crippen molar-refractivity contribution in [1.82, 2.24) is 0 Å². The molecule has 1 aliphatic heterocycles. The lowest BCUT2D eigenvalue weighted by molar-refractivity contribution is -0.00789. The van der Waals surface area contributed by atoms with E-state index in [1.807, 2.05) is 0 Å². The molecule has 0 radical (unpaired) electrons. The number of rotatable bonds is 0. The third-order valence-electron chi connectivity index (χ3n) is 2.25. The zero-order chi connectivity index (χ0) is 7.90. The van der Waals surface area contributed by atoms with E-state index in [1.165, 1.54) is 11.1 Å². The van der Waals surface area contributed by atoms with Crippen LogP contribution in [0.4, 0.5) is 0 Å². The molecule has 0 atom stereocenters. The van der Waals surface area contributed by atoms with Gasteiger partial charge < -0.3 is 4.74 Å². The van der Waals surface area contributed by atoms with Gasteiger partial charge in [-0.2, -0.15) is 0 Å². The van der Waals surface area contributed by atoms with Crippen LogP contribution >= 0.6 is 0 Å². The Hall–Kier alpha value is -0.820. The SMILES string of the molecule is CC1(C)OCc2ccccc21. The van der Waals surface area contributed by atoms with Crippen LogP contribution < -0.4 is 0 Å². The fraction of sp³-hybridized carbons (Fsp3) is 0.400. The summed E-state index contributed by atoms with van der Waals surface area (Å²) in [6.45, 7) is 4.99. The van der Waals surface area contributed by atoms with E-state index in [0.29, 0.717) is 0 Å². The molecule has 58 valence electrons. The predicted octanol–water partition coefficient (Wildman–Crippen LogP) is 2.45. The summed E-state index contributed by atoms with van der Waals surface area (Å²) in [5.74, 6) is 0. The summed E-state index contributed by atoms with van der Waals surface area (Å²) in [5, 5.41) is 0. The normalized spacial score (nSPS) is 19.8. The molecule has 0 aromatic heterocycles. The van der Waals surface area contributed by atoms with Crippen molar-refractivity contribution in [2.75, 3.05) is 0 Å². The second-order valence-corrected chi connectivity index (χ2v) is 3.46. The molecule has 0 amide bonds. The number of benzene rings is 1. The first kappa shape index (κ1) is 6.86. The van der Waals surface area contributed by atoms with Gasteiger partial charge in [-0.25, -0.2) is 0 Å². The van der Waals surface area contributed by atoms with Crippen molar-refractivity contribution in [2.45, 2.75) is 26.1 Å². The molecule has 1 aromatic carbocycles. The zero-order valence-corrected chi connectivity index (χ0v) is 6.92. The fourth-order valence-corrected chi connectivity index (χ4v) is 1.57. The Morgan fingerprint density at radius 3 is 2.73 bits per heavy atom. The minimum Gasteiger partial charge on any atom is -0.366 e. The maximum atomic E-state index is 5.61. The van der Waals surface area contributed by atoms with Gasteiger partial charge in [0.2, 0.25) is 0 Å². The van der Waals surface area contributed by atoms with Gasteiger partial charge in [-0.15, -0.1) is 0 Å². The van der Waals surface area contributed by atoms with E-state index in [9.17, 15) is 0 Å². The lowest BCUT2D eigenvalue weighted by atomic mass is 9.97. The number of ether oxygens (including phenoxy) is 1. The summed E-state index contributed by atoms with van der Waals surface area (Å²) >= 11 is 0. The van der Waals surface area contributed by atoms with Crippen LogP contribution in [0.3, 0.4) is 0 Å². The van der Waals surface area contributed by atoms with E-state index < -0.39 is 0 Å². The molecule has 1 nitrogen and oxygen atoms in total. The molecule has 11 heavy (non-hydrogen) atoms. The highest BCUT2D eigenvalue weighted by atomic mass is 16.5. The zero-order valence-electron chi connectivity index (χ0n) is 6.92. The molecule has 0 spiro atoms. The van der Waals surface area contributed by atoms with E-state index in [2.05, 4.69) is 38.1 Å². The van der Waals surface area contributed by atoms with Gasteiger partial charge in [-0.05, 0) is 25.0 Å². The van der Waals surface area contributed by atoms with Gasteiger partial charge in [-0.3, -0.25) is 0 Å². The molecule has 1 aromatic rings. The van der Waals surface area contributed by atoms with Crippen LogP contribution in [0.1, 0.15) is 25.0 Å². The first-order valence-electron chi connectivity index (χ1n) is 3.92. The summed E-state index contributed by atoms with van der Waals surface area (Å²) < 4.78 is 5.61. The molecule has 1 heterocycles. The average molecular weight is 148 g/mol. The van der Waals surface area contributed by atoms with Crippen molar-refractivity contribution in [2.24, 2.45) is 0 Å². The van der Waals surface area contributed by atoms with Crippen molar-refractivity contribution in [3.05, 3.63) is 35.4 Å². The van der Waals surface area contributed by atoms with Crippen molar-refractivity contribution in [1.29, 1.82) is 0 Å². The summed E-state index contributed by atoms with van der Waals surface area (Å²) in [6, 6.07) is 8.39.